The molecule has 0 aliphatic heterocycles. The van der Waals surface area contributed by atoms with E-state index in [0.29, 0.717) is 6.54 Å². The fourth-order valence-electron chi connectivity index (χ4n) is 0.958. The summed E-state index contributed by atoms with van der Waals surface area (Å²) in [5.74, 6) is -0.301. The van der Waals surface area contributed by atoms with Crippen LogP contribution in [0, 0.1) is 0 Å². The fraction of sp³-hybridized carbons (Fsp3) is 0.417. The smallest absolute Gasteiger partial charge is 0.288 e. The van der Waals surface area contributed by atoms with Crippen molar-refractivity contribution in [1.82, 2.24) is 15.5 Å². The number of hydrogen-bond acceptors (Lipinski definition) is 4. The molecule has 0 rings (SSSR count). The van der Waals surface area contributed by atoms with Gasteiger partial charge in [-0.05, 0) is 13.0 Å². The molecule has 0 radical (unpaired) electrons. The van der Waals surface area contributed by atoms with Crippen LogP contribution in [-0.4, -0.2) is 43.8 Å². The zero-order valence-corrected chi connectivity index (χ0v) is 10.8. The molecule has 0 aromatic carbocycles. The number of carbonyl (C=O) groups excluding carboxylic acids is 1. The summed E-state index contributed by atoms with van der Waals surface area (Å²) in [5, 5.41) is 5.69. The molecule has 0 atom stereocenters. The Morgan fingerprint density at radius 1 is 1.41 bits per heavy atom. The molecule has 0 spiro atoms. The summed E-state index contributed by atoms with van der Waals surface area (Å²) in [5.41, 5.74) is 0.954. The van der Waals surface area contributed by atoms with Gasteiger partial charge in [0.1, 0.15) is 0 Å². The van der Waals surface area contributed by atoms with E-state index >= 15 is 0 Å². The zero-order chi connectivity index (χ0) is 13.4. The average Bonchev–Trinajstić information content (AvgIpc) is 2.33. The van der Waals surface area contributed by atoms with Crippen molar-refractivity contribution in [1.29, 1.82) is 0 Å². The van der Waals surface area contributed by atoms with E-state index in [2.05, 4.69) is 25.1 Å². The van der Waals surface area contributed by atoms with Gasteiger partial charge in [-0.1, -0.05) is 30.0 Å². The molecule has 0 unspecified atom stereocenters. The van der Waals surface area contributed by atoms with Gasteiger partial charge in [0, 0.05) is 27.7 Å². The summed E-state index contributed by atoms with van der Waals surface area (Å²) < 4.78 is 0. The third-order valence-corrected chi connectivity index (χ3v) is 2.25. The number of rotatable bonds is 8. The number of hydroxylamine groups is 1. The van der Waals surface area contributed by atoms with E-state index in [0.717, 1.165) is 12.0 Å². The predicted molar refractivity (Wildman–Crippen MR) is 68.6 cm³/mol. The second-order valence-corrected chi connectivity index (χ2v) is 3.55. The molecule has 0 saturated heterocycles. The molecule has 0 aromatic heterocycles. The fourth-order valence-corrected chi connectivity index (χ4v) is 0.958. The van der Waals surface area contributed by atoms with Crippen LogP contribution in [0.1, 0.15) is 6.42 Å². The lowest BCUT2D eigenvalue weighted by Gasteiger charge is -2.27. The van der Waals surface area contributed by atoms with Crippen molar-refractivity contribution in [2.45, 2.75) is 6.42 Å². The van der Waals surface area contributed by atoms with Crippen LogP contribution in [0.15, 0.2) is 37.1 Å². The van der Waals surface area contributed by atoms with Gasteiger partial charge >= 0.3 is 0 Å². The summed E-state index contributed by atoms with van der Waals surface area (Å²) >= 11 is 0. The van der Waals surface area contributed by atoms with Crippen molar-refractivity contribution >= 4 is 5.91 Å². The normalized spacial score (nSPS) is 10.2. The van der Waals surface area contributed by atoms with Crippen LogP contribution in [0.4, 0.5) is 0 Å². The van der Waals surface area contributed by atoms with Crippen LogP contribution < -0.4 is 5.32 Å². The second kappa shape index (κ2) is 7.65. The van der Waals surface area contributed by atoms with E-state index < -0.39 is 0 Å². The molecule has 0 aliphatic carbocycles. The summed E-state index contributed by atoms with van der Waals surface area (Å²) in [6.45, 7) is 11.7. The predicted octanol–water partition coefficient (Wildman–Crippen LogP) is 1.09. The van der Waals surface area contributed by atoms with Gasteiger partial charge in [0.15, 0.2) is 0 Å². The molecule has 5 nitrogen and oxygen atoms in total. The molecule has 0 saturated carbocycles. The first-order valence-corrected chi connectivity index (χ1v) is 5.26. The lowest BCUT2D eigenvalue weighted by molar-refractivity contribution is -0.231. The molecule has 0 heterocycles. The number of hydrogen-bond donors (Lipinski definition) is 1. The largest absolute Gasteiger partial charge is 0.386 e. The topological polar surface area (TPSA) is 44.8 Å². The number of likely N-dealkylation sites (N-methyl/N-ethyl adjacent to an activating group) is 1. The third kappa shape index (κ3) is 5.89. The van der Waals surface area contributed by atoms with E-state index in [4.69, 9.17) is 4.84 Å². The number of allylic oxidation sites excluding steroid dienone is 1. The monoisotopic (exact) mass is 239 g/mol. The molecule has 0 bridgehead atoms. The highest BCUT2D eigenvalue weighted by molar-refractivity contribution is 5.90. The molecule has 0 aliphatic rings. The van der Waals surface area contributed by atoms with Crippen molar-refractivity contribution in [3.05, 3.63) is 37.1 Å². The van der Waals surface area contributed by atoms with E-state index in [1.54, 1.807) is 13.1 Å². The minimum absolute atomic E-state index is 0.0457. The summed E-state index contributed by atoms with van der Waals surface area (Å²) in [7, 11) is 5.06. The van der Waals surface area contributed by atoms with Crippen LogP contribution in [0.2, 0.25) is 0 Å². The Bertz CT molecular complexity index is 313. The van der Waals surface area contributed by atoms with Crippen molar-refractivity contribution in [3.8, 4) is 0 Å². The Kier molecular flexibility index (Phi) is 6.93. The molecule has 0 aromatic rings. The van der Waals surface area contributed by atoms with Crippen LogP contribution in [0.25, 0.3) is 0 Å². The van der Waals surface area contributed by atoms with Crippen molar-refractivity contribution in [2.75, 3.05) is 27.7 Å². The number of carbonyl (C=O) groups is 1. The minimum Gasteiger partial charge on any atom is -0.386 e. The highest BCUT2D eigenvalue weighted by Crippen LogP contribution is 2.04. The van der Waals surface area contributed by atoms with Crippen molar-refractivity contribution in [3.63, 3.8) is 0 Å². The first-order valence-electron chi connectivity index (χ1n) is 5.26. The maximum absolute atomic E-state index is 11.2. The first-order chi connectivity index (χ1) is 7.92. The van der Waals surface area contributed by atoms with Crippen molar-refractivity contribution in [2.24, 2.45) is 0 Å². The Balaban J connectivity index is 4.09. The summed E-state index contributed by atoms with van der Waals surface area (Å²) in [6.07, 6.45) is 2.50. The maximum atomic E-state index is 11.2. The van der Waals surface area contributed by atoms with E-state index in [1.165, 1.54) is 12.2 Å². The van der Waals surface area contributed by atoms with Gasteiger partial charge < -0.3 is 10.2 Å². The van der Waals surface area contributed by atoms with Gasteiger partial charge in [-0.25, -0.2) is 5.01 Å². The first kappa shape index (κ1) is 15.4. The average molecular weight is 239 g/mol. The lowest BCUT2D eigenvalue weighted by Crippen LogP contribution is -2.38. The summed E-state index contributed by atoms with van der Waals surface area (Å²) in [6, 6.07) is 0. The summed E-state index contributed by atoms with van der Waals surface area (Å²) in [4.78, 5) is 16.4. The van der Waals surface area contributed by atoms with E-state index in [-0.39, 0.29) is 11.7 Å². The van der Waals surface area contributed by atoms with Gasteiger partial charge in [-0.2, -0.15) is 0 Å². The van der Waals surface area contributed by atoms with Crippen LogP contribution >= 0.6 is 0 Å². The second-order valence-electron chi connectivity index (χ2n) is 3.55. The van der Waals surface area contributed by atoms with Gasteiger partial charge in [0.25, 0.3) is 5.91 Å². The Morgan fingerprint density at radius 2 is 2.00 bits per heavy atom. The molecule has 1 N–H and O–H groups in total. The lowest BCUT2D eigenvalue weighted by atomic mass is 10.2. The Morgan fingerprint density at radius 3 is 2.47 bits per heavy atom. The molecular weight excluding hydrogens is 218 g/mol. The van der Waals surface area contributed by atoms with E-state index in [1.807, 2.05) is 12.1 Å². The molecule has 5 heteroatoms. The Hall–Kier alpha value is -1.59. The molecule has 0 fully saturated rings. The van der Waals surface area contributed by atoms with Gasteiger partial charge in [0.2, 0.25) is 5.76 Å². The maximum Gasteiger partial charge on any atom is 0.288 e. The Labute approximate surface area is 103 Å². The number of nitrogens with zero attached hydrogens (tertiary/aromatic N) is 2. The zero-order valence-electron chi connectivity index (χ0n) is 10.8. The highest BCUT2D eigenvalue weighted by atomic mass is 16.7. The quantitative estimate of drug-likeness (QED) is 0.298. The van der Waals surface area contributed by atoms with Crippen LogP contribution in [0.5, 0.6) is 0 Å². The molecular formula is C12H21N3O2. The van der Waals surface area contributed by atoms with Gasteiger partial charge in [0.05, 0.1) is 0 Å². The molecule has 17 heavy (non-hydrogen) atoms. The standard InChI is InChI=1S/C12H21N3O2/c1-7-10(2)8-9-14(5)15(6)17-11(3)12(16)13-4/h7H,1-3,8-9H2,4-6H3,(H,13,16). The molecule has 1 amide bonds. The van der Waals surface area contributed by atoms with Gasteiger partial charge in [-0.15, -0.1) is 0 Å². The number of hydrazine groups is 1. The third-order valence-electron chi connectivity index (χ3n) is 2.25. The van der Waals surface area contributed by atoms with Crippen LogP contribution in [-0.2, 0) is 9.63 Å². The minimum atomic E-state index is -0.347. The number of amides is 1. The van der Waals surface area contributed by atoms with Gasteiger partial charge in [-0.3, -0.25) is 4.79 Å². The van der Waals surface area contributed by atoms with Crippen LogP contribution in [0.3, 0.4) is 0 Å². The van der Waals surface area contributed by atoms with Crippen molar-refractivity contribution < 1.29 is 9.63 Å². The molecule has 96 valence electrons. The highest BCUT2D eigenvalue weighted by Gasteiger charge is 2.12. The number of nitrogens with one attached hydrogen (secondary N) is 1. The van der Waals surface area contributed by atoms with E-state index in [9.17, 15) is 4.79 Å². The SMILES string of the molecule is C=CC(=C)CCN(C)N(C)OC(=C)C(=O)NC.